The Labute approximate surface area is 249 Å². The third-order valence-electron chi connectivity index (χ3n) is 7.62. The number of hydrogen-bond donors (Lipinski definition) is 3. The lowest BCUT2D eigenvalue weighted by Gasteiger charge is -2.20. The molecule has 0 saturated carbocycles. The van der Waals surface area contributed by atoms with Gasteiger partial charge in [0.1, 0.15) is 0 Å². The van der Waals surface area contributed by atoms with Crippen LogP contribution in [0, 0.1) is 0 Å². The molecule has 0 aromatic rings. The van der Waals surface area contributed by atoms with Crippen molar-refractivity contribution in [1.82, 2.24) is 5.32 Å². The number of allylic oxidation sites excluding steroid dienone is 5. The monoisotopic (exact) mass is 562 g/mol. The Hall–Kier alpha value is -1.39. The molecule has 0 aliphatic carbocycles. The minimum atomic E-state index is -0.836. The van der Waals surface area contributed by atoms with Gasteiger partial charge >= 0.3 is 0 Å². The molecule has 2 atom stereocenters. The second-order valence-electron chi connectivity index (χ2n) is 11.6. The standard InChI is InChI=1S/C36H67NO3/c1-3-5-7-9-11-13-14-15-16-17-18-19-20-21-22-24-26-28-30-32-36(40)37-34(33-38)35(39)31-29-27-25-23-12-10-8-6-4-2/h11,13,15-16,29,31,34-35,38-39H,3-10,12,14,17-28,30,32-33H2,1-2H3,(H,37,40)/b13-11-,16-15-,31-29+. The highest BCUT2D eigenvalue weighted by Crippen LogP contribution is 2.12. The Morgan fingerprint density at radius 3 is 1.55 bits per heavy atom. The van der Waals surface area contributed by atoms with Crippen LogP contribution in [0.5, 0.6) is 0 Å². The zero-order valence-corrected chi connectivity index (χ0v) is 26.6. The predicted molar refractivity (Wildman–Crippen MR) is 175 cm³/mol. The number of nitrogens with one attached hydrogen (secondary N) is 1. The molecule has 0 saturated heterocycles. The summed E-state index contributed by atoms with van der Waals surface area (Å²) in [5.74, 6) is -0.0735. The van der Waals surface area contributed by atoms with Crippen molar-refractivity contribution in [3.63, 3.8) is 0 Å². The summed E-state index contributed by atoms with van der Waals surface area (Å²) in [5.41, 5.74) is 0. The average Bonchev–Trinajstić information content (AvgIpc) is 2.96. The van der Waals surface area contributed by atoms with Crippen molar-refractivity contribution in [3.8, 4) is 0 Å². The van der Waals surface area contributed by atoms with Gasteiger partial charge in [0.15, 0.2) is 0 Å². The van der Waals surface area contributed by atoms with Crippen molar-refractivity contribution >= 4 is 5.91 Å². The van der Waals surface area contributed by atoms with Crippen LogP contribution in [0.15, 0.2) is 36.5 Å². The Morgan fingerprint density at radius 1 is 0.600 bits per heavy atom. The van der Waals surface area contributed by atoms with E-state index >= 15 is 0 Å². The first-order chi connectivity index (χ1) is 19.7. The van der Waals surface area contributed by atoms with Crippen molar-refractivity contribution in [1.29, 1.82) is 0 Å². The van der Waals surface area contributed by atoms with Crippen LogP contribution in [0.2, 0.25) is 0 Å². The van der Waals surface area contributed by atoms with Crippen molar-refractivity contribution in [3.05, 3.63) is 36.5 Å². The fraction of sp³-hybridized carbons (Fsp3) is 0.806. The molecule has 0 radical (unpaired) electrons. The molecular weight excluding hydrogens is 494 g/mol. The van der Waals surface area contributed by atoms with Crippen LogP contribution in [0.3, 0.4) is 0 Å². The van der Waals surface area contributed by atoms with E-state index in [1.165, 1.54) is 116 Å². The second-order valence-corrected chi connectivity index (χ2v) is 11.6. The third kappa shape index (κ3) is 28.1. The van der Waals surface area contributed by atoms with Crippen molar-refractivity contribution in [2.45, 2.75) is 180 Å². The van der Waals surface area contributed by atoms with Gasteiger partial charge in [-0.15, -0.1) is 0 Å². The van der Waals surface area contributed by atoms with Crippen LogP contribution in [-0.2, 0) is 4.79 Å². The van der Waals surface area contributed by atoms with Gasteiger partial charge in [0.05, 0.1) is 18.8 Å². The normalized spacial score (nSPS) is 13.6. The molecule has 1 amide bonds. The van der Waals surface area contributed by atoms with Crippen LogP contribution in [0.4, 0.5) is 0 Å². The summed E-state index contributed by atoms with van der Waals surface area (Å²) in [6.07, 6.45) is 40.8. The highest BCUT2D eigenvalue weighted by molar-refractivity contribution is 5.76. The number of carbonyl (C=O) groups excluding carboxylic acids is 1. The molecule has 0 aliphatic heterocycles. The van der Waals surface area contributed by atoms with Gasteiger partial charge in [-0.25, -0.2) is 0 Å². The van der Waals surface area contributed by atoms with Gasteiger partial charge < -0.3 is 15.5 Å². The number of carbonyl (C=O) groups is 1. The number of hydrogen-bond acceptors (Lipinski definition) is 3. The number of aliphatic hydroxyl groups is 2. The van der Waals surface area contributed by atoms with E-state index in [4.69, 9.17) is 0 Å². The molecule has 0 aromatic heterocycles. The van der Waals surface area contributed by atoms with E-state index < -0.39 is 12.1 Å². The van der Waals surface area contributed by atoms with Gasteiger partial charge in [-0.3, -0.25) is 4.79 Å². The SMILES string of the molecule is CCCCC/C=C\C/C=C\CCCCCCCCCCCC(=O)NC(CO)C(O)/C=C/CCCCCCCCC. The second kappa shape index (κ2) is 32.1. The Bertz CT molecular complexity index is 613. The Kier molecular flexibility index (Phi) is 31.0. The number of rotatable bonds is 30. The van der Waals surface area contributed by atoms with Crippen LogP contribution in [0.1, 0.15) is 168 Å². The zero-order chi connectivity index (χ0) is 29.4. The summed E-state index contributed by atoms with van der Waals surface area (Å²) < 4.78 is 0. The van der Waals surface area contributed by atoms with Crippen molar-refractivity contribution < 1.29 is 15.0 Å². The maximum absolute atomic E-state index is 12.3. The summed E-state index contributed by atoms with van der Waals surface area (Å²) in [7, 11) is 0. The molecule has 0 rings (SSSR count). The van der Waals surface area contributed by atoms with Gasteiger partial charge in [-0.05, 0) is 51.4 Å². The van der Waals surface area contributed by atoms with E-state index in [-0.39, 0.29) is 12.5 Å². The Morgan fingerprint density at radius 2 is 1.02 bits per heavy atom. The first-order valence-electron chi connectivity index (χ1n) is 17.2. The van der Waals surface area contributed by atoms with Crippen molar-refractivity contribution in [2.75, 3.05) is 6.61 Å². The number of aliphatic hydroxyl groups excluding tert-OH is 2. The largest absolute Gasteiger partial charge is 0.394 e. The summed E-state index contributed by atoms with van der Waals surface area (Å²) in [4.78, 5) is 12.3. The van der Waals surface area contributed by atoms with E-state index in [2.05, 4.69) is 43.5 Å². The van der Waals surface area contributed by atoms with Gasteiger partial charge in [0.25, 0.3) is 0 Å². The van der Waals surface area contributed by atoms with Crippen LogP contribution in [0.25, 0.3) is 0 Å². The molecule has 0 bridgehead atoms. The lowest BCUT2D eigenvalue weighted by atomic mass is 10.0. The molecular formula is C36H67NO3. The summed E-state index contributed by atoms with van der Waals surface area (Å²) in [6.45, 7) is 4.24. The van der Waals surface area contributed by atoms with Crippen molar-refractivity contribution in [2.24, 2.45) is 0 Å². The average molecular weight is 562 g/mol. The topological polar surface area (TPSA) is 69.6 Å². The lowest BCUT2D eigenvalue weighted by Crippen LogP contribution is -2.45. The van der Waals surface area contributed by atoms with Crippen LogP contribution >= 0.6 is 0 Å². The van der Waals surface area contributed by atoms with Crippen LogP contribution in [-0.4, -0.2) is 34.9 Å². The molecule has 234 valence electrons. The molecule has 0 fully saturated rings. The van der Waals surface area contributed by atoms with Crippen LogP contribution < -0.4 is 5.32 Å². The maximum Gasteiger partial charge on any atom is 0.220 e. The maximum atomic E-state index is 12.3. The van der Waals surface area contributed by atoms with Gasteiger partial charge in [0, 0.05) is 6.42 Å². The van der Waals surface area contributed by atoms with Gasteiger partial charge in [-0.1, -0.05) is 147 Å². The predicted octanol–water partition coefficient (Wildman–Crippen LogP) is 9.90. The van der Waals surface area contributed by atoms with E-state index in [1.54, 1.807) is 6.08 Å². The summed E-state index contributed by atoms with van der Waals surface area (Å²) in [5, 5.41) is 22.7. The summed E-state index contributed by atoms with van der Waals surface area (Å²) >= 11 is 0. The highest BCUT2D eigenvalue weighted by Gasteiger charge is 2.17. The minimum absolute atomic E-state index is 0.0735. The molecule has 0 aliphatic rings. The van der Waals surface area contributed by atoms with E-state index in [0.29, 0.717) is 6.42 Å². The molecule has 0 heterocycles. The molecule has 3 N–H and O–H groups in total. The molecule has 40 heavy (non-hydrogen) atoms. The molecule has 4 heteroatoms. The minimum Gasteiger partial charge on any atom is -0.394 e. The van der Waals surface area contributed by atoms with Gasteiger partial charge in [0.2, 0.25) is 5.91 Å². The quantitative estimate of drug-likeness (QED) is 0.0603. The zero-order valence-electron chi connectivity index (χ0n) is 26.6. The van der Waals surface area contributed by atoms with E-state index in [9.17, 15) is 15.0 Å². The first-order valence-corrected chi connectivity index (χ1v) is 17.2. The summed E-state index contributed by atoms with van der Waals surface area (Å²) in [6, 6.07) is -0.620. The smallest absolute Gasteiger partial charge is 0.220 e. The van der Waals surface area contributed by atoms with E-state index in [1.807, 2.05) is 6.08 Å². The number of unbranched alkanes of at least 4 members (excludes halogenated alkanes) is 19. The van der Waals surface area contributed by atoms with E-state index in [0.717, 1.165) is 32.1 Å². The first kappa shape index (κ1) is 38.6. The fourth-order valence-corrected chi connectivity index (χ4v) is 4.91. The number of amides is 1. The fourth-order valence-electron chi connectivity index (χ4n) is 4.91. The third-order valence-corrected chi connectivity index (χ3v) is 7.62. The molecule has 2 unspecified atom stereocenters. The lowest BCUT2D eigenvalue weighted by molar-refractivity contribution is -0.123. The molecule has 0 aromatic carbocycles. The Balaban J connectivity index is 3.61. The molecule has 0 spiro atoms. The highest BCUT2D eigenvalue weighted by atomic mass is 16.3. The van der Waals surface area contributed by atoms with Gasteiger partial charge in [-0.2, -0.15) is 0 Å². The molecule has 4 nitrogen and oxygen atoms in total.